The second-order valence-corrected chi connectivity index (χ2v) is 2.40. The first-order chi connectivity index (χ1) is 6.31. The highest BCUT2D eigenvalue weighted by Gasteiger charge is 1.93. The van der Waals surface area contributed by atoms with Crippen LogP contribution < -0.4 is 10.4 Å². The molecule has 1 rings (SSSR count). The van der Waals surface area contributed by atoms with Crippen LogP contribution in [0.15, 0.2) is 24.3 Å². The minimum Gasteiger partial charge on any atom is -0.468 e. The van der Waals surface area contributed by atoms with Crippen LogP contribution in [0.1, 0.15) is 0 Å². The first kappa shape index (κ1) is 9.36. The van der Waals surface area contributed by atoms with Crippen molar-refractivity contribution in [2.75, 3.05) is 14.2 Å². The first-order valence-corrected chi connectivity index (χ1v) is 3.80. The van der Waals surface area contributed by atoms with Crippen LogP contribution in [0, 0.1) is 5.41 Å². The molecule has 0 fully saturated rings. The Balaban J connectivity index is 3.32. The van der Waals surface area contributed by atoms with Gasteiger partial charge in [-0.2, -0.15) is 0 Å². The lowest BCUT2D eigenvalue weighted by atomic mass is 10.3. The van der Waals surface area contributed by atoms with Crippen molar-refractivity contribution in [3.8, 4) is 0 Å². The summed E-state index contributed by atoms with van der Waals surface area (Å²) in [5.41, 5.74) is 0. The average Bonchev–Trinajstić information content (AvgIpc) is 2.21. The molecule has 1 aromatic carbocycles. The van der Waals surface area contributed by atoms with E-state index in [4.69, 9.17) is 14.9 Å². The first-order valence-electron chi connectivity index (χ1n) is 3.80. The lowest BCUT2D eigenvalue weighted by molar-refractivity contribution is 0.186. The highest BCUT2D eigenvalue weighted by Crippen LogP contribution is 1.91. The van der Waals surface area contributed by atoms with E-state index in [1.165, 1.54) is 0 Å². The van der Waals surface area contributed by atoms with Crippen LogP contribution in [0.3, 0.4) is 0 Å². The minimum atomic E-state index is 0.469. The smallest absolute Gasteiger partial charge is 0.286 e. The van der Waals surface area contributed by atoms with E-state index in [0.717, 1.165) is 10.4 Å². The zero-order chi connectivity index (χ0) is 9.68. The van der Waals surface area contributed by atoms with E-state index in [9.17, 15) is 0 Å². The molecule has 3 nitrogen and oxygen atoms in total. The number of nitrogens with one attached hydrogen (secondary N) is 1. The monoisotopic (exact) mass is 177 g/mol. The molecule has 0 heterocycles. The maximum Gasteiger partial charge on any atom is 0.286 e. The van der Waals surface area contributed by atoms with Gasteiger partial charge in [-0.3, -0.25) is 5.41 Å². The third kappa shape index (κ3) is 2.10. The van der Waals surface area contributed by atoms with Crippen LogP contribution in [-0.4, -0.2) is 20.1 Å². The van der Waals surface area contributed by atoms with E-state index in [2.05, 4.69) is 5.87 Å². The van der Waals surface area contributed by atoms with Crippen molar-refractivity contribution in [3.05, 3.63) is 34.7 Å². The summed E-state index contributed by atoms with van der Waals surface area (Å²) in [5, 5.41) is 8.47. The second kappa shape index (κ2) is 4.33. The maximum atomic E-state index is 6.89. The molecule has 1 N–H and O–H groups in total. The molecule has 0 spiro atoms. The molecule has 3 heteroatoms. The normalized spacial score (nSPS) is 8.77. The average molecular weight is 177 g/mol. The van der Waals surface area contributed by atoms with Gasteiger partial charge in [0.2, 0.25) is 0 Å². The number of hydrogen-bond acceptors (Lipinski definition) is 3. The Labute approximate surface area is 76.4 Å². The SMILES string of the molecule is COC(OC)=c1ccc(=C=N)cc1. The van der Waals surface area contributed by atoms with Crippen molar-refractivity contribution in [3.63, 3.8) is 0 Å². The molecule has 0 aliphatic rings. The topological polar surface area (TPSA) is 42.3 Å². The molecule has 0 radical (unpaired) electrons. The quantitative estimate of drug-likeness (QED) is 0.644. The van der Waals surface area contributed by atoms with Crippen molar-refractivity contribution in [2.24, 2.45) is 0 Å². The molecule has 0 aliphatic carbocycles. The summed E-state index contributed by atoms with van der Waals surface area (Å²) in [5.74, 6) is 2.76. The fraction of sp³-hybridized carbons (Fsp3) is 0.200. The predicted molar refractivity (Wildman–Crippen MR) is 49.9 cm³/mol. The van der Waals surface area contributed by atoms with E-state index in [0.29, 0.717) is 5.95 Å². The van der Waals surface area contributed by atoms with Gasteiger partial charge in [0.25, 0.3) is 5.95 Å². The Morgan fingerprint density at radius 2 is 1.69 bits per heavy atom. The van der Waals surface area contributed by atoms with Gasteiger partial charge < -0.3 is 9.47 Å². The summed E-state index contributed by atoms with van der Waals surface area (Å²) in [6.45, 7) is 0. The summed E-state index contributed by atoms with van der Waals surface area (Å²) in [7, 11) is 3.10. The highest BCUT2D eigenvalue weighted by atomic mass is 16.7. The van der Waals surface area contributed by atoms with Crippen molar-refractivity contribution >= 4 is 11.8 Å². The summed E-state index contributed by atoms with van der Waals surface area (Å²) in [6, 6.07) is 7.19. The summed E-state index contributed by atoms with van der Waals surface area (Å²) < 4.78 is 9.97. The Morgan fingerprint density at radius 1 is 1.15 bits per heavy atom. The molecule has 0 atom stereocenters. The summed E-state index contributed by atoms with van der Waals surface area (Å²) in [6.07, 6.45) is 0. The second-order valence-electron chi connectivity index (χ2n) is 2.40. The summed E-state index contributed by atoms with van der Waals surface area (Å²) in [4.78, 5) is 0. The van der Waals surface area contributed by atoms with Gasteiger partial charge in [-0.25, -0.2) is 0 Å². The fourth-order valence-corrected chi connectivity index (χ4v) is 1.01. The van der Waals surface area contributed by atoms with Gasteiger partial charge in [-0.15, -0.1) is 0 Å². The van der Waals surface area contributed by atoms with E-state index in [1.54, 1.807) is 26.4 Å². The van der Waals surface area contributed by atoms with Gasteiger partial charge in [-0.1, -0.05) is 0 Å². The standard InChI is InChI=1S/C10H11NO2/c1-12-10(13-2)9-5-3-8(7-11)4-6-9/h3-6,11H,1-2H3. The number of benzene rings is 1. The molecule has 0 bridgehead atoms. The molecule has 0 saturated heterocycles. The Kier molecular flexibility index (Phi) is 3.12. The predicted octanol–water partition coefficient (Wildman–Crippen LogP) is -0.0348. The maximum absolute atomic E-state index is 6.89. The van der Waals surface area contributed by atoms with Gasteiger partial charge in [0.05, 0.1) is 19.4 Å². The highest BCUT2D eigenvalue weighted by molar-refractivity contribution is 5.48. The Morgan fingerprint density at radius 3 is 2.08 bits per heavy atom. The number of methoxy groups -OCH3 is 2. The van der Waals surface area contributed by atoms with E-state index in [-0.39, 0.29) is 0 Å². The van der Waals surface area contributed by atoms with Crippen LogP contribution >= 0.6 is 0 Å². The van der Waals surface area contributed by atoms with Crippen molar-refractivity contribution in [1.29, 1.82) is 5.41 Å². The van der Waals surface area contributed by atoms with Crippen LogP contribution in [-0.2, 0) is 9.47 Å². The van der Waals surface area contributed by atoms with Gasteiger partial charge in [0.1, 0.15) is 0 Å². The van der Waals surface area contributed by atoms with Gasteiger partial charge >= 0.3 is 0 Å². The van der Waals surface area contributed by atoms with Crippen LogP contribution in [0.25, 0.3) is 5.95 Å². The molecule has 1 aromatic rings. The van der Waals surface area contributed by atoms with Crippen LogP contribution in [0.5, 0.6) is 0 Å². The minimum absolute atomic E-state index is 0.469. The van der Waals surface area contributed by atoms with E-state index in [1.807, 2.05) is 12.1 Å². The zero-order valence-electron chi connectivity index (χ0n) is 7.63. The number of ether oxygens (including phenoxy) is 2. The van der Waals surface area contributed by atoms with Crippen molar-refractivity contribution in [1.82, 2.24) is 0 Å². The molecule has 13 heavy (non-hydrogen) atoms. The molecule has 0 saturated carbocycles. The van der Waals surface area contributed by atoms with Crippen LogP contribution in [0.2, 0.25) is 0 Å². The fourth-order valence-electron chi connectivity index (χ4n) is 1.01. The lowest BCUT2D eigenvalue weighted by Crippen LogP contribution is -2.12. The van der Waals surface area contributed by atoms with E-state index >= 15 is 0 Å². The number of rotatable bonds is 2. The van der Waals surface area contributed by atoms with Gasteiger partial charge in [-0.05, 0) is 30.1 Å². The van der Waals surface area contributed by atoms with E-state index < -0.39 is 0 Å². The largest absolute Gasteiger partial charge is 0.468 e. The molecular formula is C10H11NO2. The van der Waals surface area contributed by atoms with Crippen molar-refractivity contribution < 1.29 is 9.47 Å². The molecule has 0 amide bonds. The number of hydrogen-bond donors (Lipinski definition) is 1. The molecular weight excluding hydrogens is 166 g/mol. The third-order valence-electron chi connectivity index (χ3n) is 1.64. The lowest BCUT2D eigenvalue weighted by Gasteiger charge is -2.02. The zero-order valence-corrected chi connectivity index (χ0v) is 7.63. The van der Waals surface area contributed by atoms with Crippen LogP contribution in [0.4, 0.5) is 0 Å². The molecule has 0 aromatic heterocycles. The molecule has 0 unspecified atom stereocenters. The van der Waals surface area contributed by atoms with Gasteiger partial charge in [0, 0.05) is 5.22 Å². The van der Waals surface area contributed by atoms with Crippen molar-refractivity contribution in [2.45, 2.75) is 0 Å². The molecule has 68 valence electrons. The Hall–Kier alpha value is -1.73. The Bertz CT molecular complexity index is 390. The summed E-state index contributed by atoms with van der Waals surface area (Å²) >= 11 is 0. The third-order valence-corrected chi connectivity index (χ3v) is 1.64. The molecule has 0 aliphatic heterocycles. The van der Waals surface area contributed by atoms with Gasteiger partial charge in [0.15, 0.2) is 0 Å².